The third-order valence-corrected chi connectivity index (χ3v) is 5.36. The smallest absolute Gasteiger partial charge is 0.260 e. The molecule has 0 aliphatic heterocycles. The Morgan fingerprint density at radius 1 is 1.33 bits per heavy atom. The molecule has 0 amide bonds. The number of fused-ring (bicyclic) bond motifs is 1. The minimum absolute atomic E-state index is 0.127. The van der Waals surface area contributed by atoms with E-state index in [4.69, 9.17) is 0 Å². The molecule has 3 aromatic rings. The number of aromatic amines is 1. The Morgan fingerprint density at radius 2 is 2.10 bits per heavy atom. The molecule has 3 nitrogen and oxygen atoms in total. The summed E-state index contributed by atoms with van der Waals surface area (Å²) in [6.45, 7) is 3.91. The van der Waals surface area contributed by atoms with Gasteiger partial charge in [-0.2, -0.15) is 0 Å². The van der Waals surface area contributed by atoms with Crippen LogP contribution in [0.15, 0.2) is 34.2 Å². The predicted octanol–water partition coefficient (Wildman–Crippen LogP) is 4.03. The molecule has 0 aliphatic carbocycles. The van der Waals surface area contributed by atoms with Crippen molar-refractivity contribution in [3.05, 3.63) is 56.4 Å². The van der Waals surface area contributed by atoms with Crippen LogP contribution in [-0.2, 0) is 5.75 Å². The Labute approximate surface area is 129 Å². The fraction of sp³-hybridized carbons (Fsp3) is 0.200. The van der Waals surface area contributed by atoms with Gasteiger partial charge < -0.3 is 4.98 Å². The second kappa shape index (κ2) is 5.61. The van der Waals surface area contributed by atoms with Gasteiger partial charge in [0.25, 0.3) is 5.56 Å². The summed E-state index contributed by atoms with van der Waals surface area (Å²) < 4.78 is 13.6. The molecule has 0 unspecified atom stereocenters. The number of benzene rings is 1. The lowest BCUT2D eigenvalue weighted by Crippen LogP contribution is -2.08. The lowest BCUT2D eigenvalue weighted by Gasteiger charge is -2.02. The first-order valence-electron chi connectivity index (χ1n) is 6.42. The van der Waals surface area contributed by atoms with Crippen molar-refractivity contribution in [2.24, 2.45) is 0 Å². The number of aryl methyl sites for hydroxylation is 2. The van der Waals surface area contributed by atoms with Crippen LogP contribution in [-0.4, -0.2) is 9.97 Å². The lowest BCUT2D eigenvalue weighted by molar-refractivity contribution is 0.617. The topological polar surface area (TPSA) is 45.8 Å². The van der Waals surface area contributed by atoms with Gasteiger partial charge in [0.2, 0.25) is 0 Å². The summed E-state index contributed by atoms with van der Waals surface area (Å²) in [7, 11) is 0. The third-order valence-electron chi connectivity index (χ3n) is 3.34. The molecule has 21 heavy (non-hydrogen) atoms. The molecule has 2 heterocycles. The molecule has 0 fully saturated rings. The molecule has 0 atom stereocenters. The van der Waals surface area contributed by atoms with Gasteiger partial charge in [0, 0.05) is 10.6 Å². The molecule has 108 valence electrons. The van der Waals surface area contributed by atoms with Gasteiger partial charge in [-0.15, -0.1) is 11.3 Å². The van der Waals surface area contributed by atoms with Gasteiger partial charge >= 0.3 is 0 Å². The van der Waals surface area contributed by atoms with Crippen molar-refractivity contribution in [3.8, 4) is 0 Å². The predicted molar refractivity (Wildman–Crippen MR) is 85.7 cm³/mol. The van der Waals surface area contributed by atoms with Crippen molar-refractivity contribution in [2.45, 2.75) is 24.8 Å². The fourth-order valence-corrected chi connectivity index (χ4v) is 4.00. The fourth-order valence-electron chi connectivity index (χ4n) is 2.06. The lowest BCUT2D eigenvalue weighted by atomic mass is 10.2. The first-order valence-corrected chi connectivity index (χ1v) is 8.22. The van der Waals surface area contributed by atoms with Gasteiger partial charge in [0.1, 0.15) is 10.6 Å². The van der Waals surface area contributed by atoms with E-state index in [1.807, 2.05) is 13.8 Å². The van der Waals surface area contributed by atoms with E-state index in [1.54, 1.807) is 18.2 Å². The monoisotopic (exact) mass is 320 g/mol. The van der Waals surface area contributed by atoms with E-state index in [0.29, 0.717) is 21.9 Å². The maximum Gasteiger partial charge on any atom is 0.260 e. The first-order chi connectivity index (χ1) is 10.1. The summed E-state index contributed by atoms with van der Waals surface area (Å²) in [5.74, 6) is 0.195. The van der Waals surface area contributed by atoms with E-state index >= 15 is 0 Å². The van der Waals surface area contributed by atoms with E-state index in [9.17, 15) is 9.18 Å². The SMILES string of the molecule is Cc1sc2nc(SCc3ccccc3F)[nH]c(=O)c2c1C. The highest BCUT2D eigenvalue weighted by Crippen LogP contribution is 2.28. The van der Waals surface area contributed by atoms with Gasteiger partial charge in [-0.25, -0.2) is 9.37 Å². The third kappa shape index (κ3) is 2.73. The average Bonchev–Trinajstić information content (AvgIpc) is 2.73. The maximum absolute atomic E-state index is 13.6. The Hall–Kier alpha value is -1.66. The summed E-state index contributed by atoms with van der Waals surface area (Å²) in [5.41, 5.74) is 1.45. The molecule has 1 aromatic carbocycles. The van der Waals surface area contributed by atoms with Crippen molar-refractivity contribution in [3.63, 3.8) is 0 Å². The Bertz CT molecular complexity index is 870. The summed E-state index contributed by atoms with van der Waals surface area (Å²) in [4.78, 5) is 21.2. The van der Waals surface area contributed by atoms with Gasteiger partial charge in [-0.3, -0.25) is 4.79 Å². The van der Waals surface area contributed by atoms with Crippen LogP contribution >= 0.6 is 23.1 Å². The standard InChI is InChI=1S/C15H13FN2OS2/c1-8-9(2)21-14-12(8)13(19)17-15(18-14)20-7-10-5-3-4-6-11(10)16/h3-6H,7H2,1-2H3,(H,17,18,19). The van der Waals surface area contributed by atoms with Crippen molar-refractivity contribution in [1.29, 1.82) is 0 Å². The molecule has 1 N–H and O–H groups in total. The zero-order valence-corrected chi connectivity index (χ0v) is 13.2. The van der Waals surface area contributed by atoms with Crippen LogP contribution in [0.25, 0.3) is 10.2 Å². The van der Waals surface area contributed by atoms with Crippen LogP contribution in [0.5, 0.6) is 0 Å². The summed E-state index contributed by atoms with van der Waals surface area (Å²) in [5, 5.41) is 1.18. The highest BCUT2D eigenvalue weighted by Gasteiger charge is 2.12. The van der Waals surface area contributed by atoms with Gasteiger partial charge in [-0.05, 0) is 31.0 Å². The van der Waals surface area contributed by atoms with Crippen molar-refractivity contribution < 1.29 is 4.39 Å². The molecule has 0 aliphatic rings. The first kappa shape index (κ1) is 14.3. The number of aromatic nitrogens is 2. The quantitative estimate of drug-likeness (QED) is 0.585. The minimum Gasteiger partial charge on any atom is -0.301 e. The number of nitrogens with zero attached hydrogens (tertiary/aromatic N) is 1. The van der Waals surface area contributed by atoms with Crippen LogP contribution < -0.4 is 5.56 Å². The molecule has 2 aromatic heterocycles. The number of hydrogen-bond donors (Lipinski definition) is 1. The summed E-state index contributed by atoms with van der Waals surface area (Å²) in [6.07, 6.45) is 0. The van der Waals surface area contributed by atoms with E-state index in [0.717, 1.165) is 15.3 Å². The number of halogens is 1. The maximum atomic E-state index is 13.6. The second-order valence-electron chi connectivity index (χ2n) is 4.71. The van der Waals surface area contributed by atoms with Crippen molar-refractivity contribution in [2.75, 3.05) is 0 Å². The van der Waals surface area contributed by atoms with E-state index < -0.39 is 0 Å². The molecular weight excluding hydrogens is 307 g/mol. The number of hydrogen-bond acceptors (Lipinski definition) is 4. The molecule has 0 saturated carbocycles. The Balaban J connectivity index is 1.92. The van der Waals surface area contributed by atoms with E-state index in [1.165, 1.54) is 29.2 Å². The molecule has 0 saturated heterocycles. The number of rotatable bonds is 3. The normalized spacial score (nSPS) is 11.2. The largest absolute Gasteiger partial charge is 0.301 e. The Morgan fingerprint density at radius 3 is 2.86 bits per heavy atom. The molecule has 6 heteroatoms. The van der Waals surface area contributed by atoms with Crippen molar-refractivity contribution in [1.82, 2.24) is 9.97 Å². The number of H-pyrrole nitrogens is 1. The summed E-state index contributed by atoms with van der Waals surface area (Å²) in [6, 6.07) is 6.62. The molecule has 0 spiro atoms. The van der Waals surface area contributed by atoms with Gasteiger partial charge in [0.15, 0.2) is 5.16 Å². The van der Waals surface area contributed by atoms with Crippen LogP contribution in [0.2, 0.25) is 0 Å². The highest BCUT2D eigenvalue weighted by molar-refractivity contribution is 7.98. The molecule has 0 bridgehead atoms. The molecule has 3 rings (SSSR count). The molecular formula is C15H13FN2OS2. The number of thioether (sulfide) groups is 1. The van der Waals surface area contributed by atoms with Crippen molar-refractivity contribution >= 4 is 33.3 Å². The molecule has 0 radical (unpaired) electrons. The Kier molecular flexibility index (Phi) is 3.82. The number of thiophene rings is 1. The average molecular weight is 320 g/mol. The van der Waals surface area contributed by atoms with E-state index in [-0.39, 0.29) is 11.4 Å². The van der Waals surface area contributed by atoms with Crippen LogP contribution in [0, 0.1) is 19.7 Å². The zero-order valence-electron chi connectivity index (χ0n) is 11.6. The van der Waals surface area contributed by atoms with Crippen LogP contribution in [0.1, 0.15) is 16.0 Å². The van der Waals surface area contributed by atoms with Crippen LogP contribution in [0.4, 0.5) is 4.39 Å². The summed E-state index contributed by atoms with van der Waals surface area (Å²) >= 11 is 2.85. The highest BCUT2D eigenvalue weighted by atomic mass is 32.2. The van der Waals surface area contributed by atoms with Crippen LogP contribution in [0.3, 0.4) is 0 Å². The second-order valence-corrected chi connectivity index (χ2v) is 6.88. The zero-order chi connectivity index (χ0) is 15.0. The van der Waals surface area contributed by atoms with Gasteiger partial charge in [-0.1, -0.05) is 30.0 Å². The minimum atomic E-state index is -0.240. The van der Waals surface area contributed by atoms with E-state index in [2.05, 4.69) is 9.97 Å². The number of nitrogens with one attached hydrogen (secondary N) is 1. The van der Waals surface area contributed by atoms with Gasteiger partial charge in [0.05, 0.1) is 5.39 Å².